The van der Waals surface area contributed by atoms with E-state index in [1.54, 1.807) is 12.1 Å². The fourth-order valence-electron chi connectivity index (χ4n) is 3.27. The molecule has 3 aromatic rings. The van der Waals surface area contributed by atoms with Crippen molar-refractivity contribution in [1.29, 1.82) is 0 Å². The molecule has 216 valence electrons. The second-order valence-electron chi connectivity index (χ2n) is 8.58. The van der Waals surface area contributed by atoms with E-state index in [0.717, 1.165) is 0 Å². The first-order valence-electron chi connectivity index (χ1n) is 12.3. The van der Waals surface area contributed by atoms with E-state index in [2.05, 4.69) is 0 Å². The number of carbonyl (C=O) groups is 3. The van der Waals surface area contributed by atoms with Crippen LogP contribution >= 0.6 is 0 Å². The fourth-order valence-corrected chi connectivity index (χ4v) is 3.27. The van der Waals surface area contributed by atoms with Crippen molar-refractivity contribution in [2.75, 3.05) is 31.3 Å². The Kier molecular flexibility index (Phi) is 10.7. The monoisotopic (exact) mass is 572 g/mol. The zero-order chi connectivity index (χ0) is 29.8. The smallest absolute Gasteiger partial charge is 0.392 e. The van der Waals surface area contributed by atoms with Crippen LogP contribution in [0.2, 0.25) is 0 Å². The number of nitrogen functional groups attached to an aromatic ring is 2. The lowest BCUT2D eigenvalue weighted by molar-refractivity contribution is -0.140. The SMILES string of the molecule is Nc1cc(N)cc(C(=O)OCCCOC(=O)/C=C/c2ccc(OC(=O)c3ccc(OCCC(F)(F)F)cc3)cc2)c1. The van der Waals surface area contributed by atoms with E-state index in [1.165, 1.54) is 66.7 Å². The van der Waals surface area contributed by atoms with E-state index in [4.69, 9.17) is 30.4 Å². The Bertz CT molecular complexity index is 1350. The number of ether oxygens (including phenoxy) is 4. The van der Waals surface area contributed by atoms with Crippen molar-refractivity contribution in [1.82, 2.24) is 0 Å². The molecule has 41 heavy (non-hydrogen) atoms. The van der Waals surface area contributed by atoms with Crippen molar-refractivity contribution >= 4 is 35.4 Å². The molecule has 0 aromatic heterocycles. The number of halogens is 3. The zero-order valence-corrected chi connectivity index (χ0v) is 21.7. The molecule has 4 N–H and O–H groups in total. The molecule has 9 nitrogen and oxygen atoms in total. The maximum absolute atomic E-state index is 12.3. The molecule has 0 unspecified atom stereocenters. The molecule has 0 atom stereocenters. The van der Waals surface area contributed by atoms with Gasteiger partial charge in [-0.25, -0.2) is 14.4 Å². The molecule has 0 heterocycles. The summed E-state index contributed by atoms with van der Waals surface area (Å²) < 4.78 is 57.1. The predicted molar refractivity (Wildman–Crippen MR) is 144 cm³/mol. The van der Waals surface area contributed by atoms with Crippen molar-refractivity contribution in [2.24, 2.45) is 0 Å². The molecule has 0 radical (unpaired) electrons. The molecule has 3 aromatic carbocycles. The molecule has 0 aliphatic rings. The van der Waals surface area contributed by atoms with E-state index in [1.807, 2.05) is 0 Å². The summed E-state index contributed by atoms with van der Waals surface area (Å²) in [7, 11) is 0. The van der Waals surface area contributed by atoms with Crippen molar-refractivity contribution in [3.05, 3.63) is 89.5 Å². The molecule has 0 spiro atoms. The van der Waals surface area contributed by atoms with Gasteiger partial charge in [0.2, 0.25) is 0 Å². The fraction of sp³-hybridized carbons (Fsp3) is 0.207. The number of esters is 3. The van der Waals surface area contributed by atoms with Crippen LogP contribution in [0.4, 0.5) is 24.5 Å². The average molecular weight is 573 g/mol. The maximum atomic E-state index is 12.3. The Morgan fingerprint density at radius 2 is 1.34 bits per heavy atom. The van der Waals surface area contributed by atoms with Crippen LogP contribution in [0.5, 0.6) is 11.5 Å². The number of carbonyl (C=O) groups excluding carboxylic acids is 3. The average Bonchev–Trinajstić information content (AvgIpc) is 2.91. The largest absolute Gasteiger partial charge is 0.493 e. The number of hydrogen-bond acceptors (Lipinski definition) is 9. The first-order chi connectivity index (χ1) is 19.5. The minimum Gasteiger partial charge on any atom is -0.493 e. The van der Waals surface area contributed by atoms with Crippen LogP contribution in [-0.2, 0) is 14.3 Å². The number of anilines is 2. The Hall–Kier alpha value is -5.00. The Morgan fingerprint density at radius 1 is 0.732 bits per heavy atom. The van der Waals surface area contributed by atoms with Crippen LogP contribution in [-0.4, -0.2) is 43.9 Å². The third-order valence-electron chi connectivity index (χ3n) is 5.23. The van der Waals surface area contributed by atoms with E-state index in [9.17, 15) is 27.6 Å². The lowest BCUT2D eigenvalue weighted by atomic mass is 10.2. The van der Waals surface area contributed by atoms with Crippen molar-refractivity contribution in [2.45, 2.75) is 19.0 Å². The number of rotatable bonds is 12. The number of nitrogens with two attached hydrogens (primary N) is 2. The number of hydrogen-bond donors (Lipinski definition) is 2. The van der Waals surface area contributed by atoms with Crippen LogP contribution in [0.1, 0.15) is 39.1 Å². The van der Waals surface area contributed by atoms with Gasteiger partial charge in [-0.1, -0.05) is 12.1 Å². The summed E-state index contributed by atoms with van der Waals surface area (Å²) in [4.78, 5) is 36.3. The van der Waals surface area contributed by atoms with Crippen LogP contribution in [0.15, 0.2) is 72.8 Å². The first kappa shape index (κ1) is 30.5. The van der Waals surface area contributed by atoms with Gasteiger partial charge in [-0.2, -0.15) is 13.2 Å². The highest BCUT2D eigenvalue weighted by Gasteiger charge is 2.26. The molecule has 0 saturated heterocycles. The second kappa shape index (κ2) is 14.4. The maximum Gasteiger partial charge on any atom is 0.392 e. The van der Waals surface area contributed by atoms with Gasteiger partial charge >= 0.3 is 24.1 Å². The van der Waals surface area contributed by atoms with Crippen LogP contribution in [0.3, 0.4) is 0 Å². The van der Waals surface area contributed by atoms with E-state index in [-0.39, 0.29) is 42.3 Å². The van der Waals surface area contributed by atoms with Gasteiger partial charge in [-0.3, -0.25) is 0 Å². The molecule has 0 saturated carbocycles. The summed E-state index contributed by atoms with van der Waals surface area (Å²) in [6, 6.07) is 16.2. The van der Waals surface area contributed by atoms with Gasteiger partial charge in [0.25, 0.3) is 0 Å². The third kappa shape index (κ3) is 10.9. The van der Waals surface area contributed by atoms with Gasteiger partial charge in [-0.05, 0) is 66.2 Å². The van der Waals surface area contributed by atoms with Crippen LogP contribution in [0.25, 0.3) is 6.08 Å². The Balaban J connectivity index is 1.36. The van der Waals surface area contributed by atoms with Gasteiger partial charge in [0.1, 0.15) is 11.5 Å². The molecule has 0 fully saturated rings. The highest BCUT2D eigenvalue weighted by molar-refractivity contribution is 5.92. The van der Waals surface area contributed by atoms with Crippen LogP contribution < -0.4 is 20.9 Å². The summed E-state index contributed by atoms with van der Waals surface area (Å²) in [5, 5.41) is 0. The summed E-state index contributed by atoms with van der Waals surface area (Å²) in [6.07, 6.45) is -2.37. The summed E-state index contributed by atoms with van der Waals surface area (Å²) in [6.45, 7) is -0.457. The molecule has 0 amide bonds. The van der Waals surface area contributed by atoms with E-state index < -0.39 is 37.1 Å². The molecular formula is C29H27F3N2O7. The Morgan fingerprint density at radius 3 is 1.98 bits per heavy atom. The van der Waals surface area contributed by atoms with E-state index >= 15 is 0 Å². The standard InChI is InChI=1S/C29H27F3N2O7/c30-29(31,32)12-15-38-24-9-5-20(6-10-24)28(37)41-25-7-2-19(3-8-25)4-11-26(35)39-13-1-14-40-27(36)21-16-22(33)18-23(34)17-21/h2-11,16-18H,1,12-15,33-34H2/b11-4+. The number of alkyl halides is 3. The third-order valence-corrected chi connectivity index (χ3v) is 5.23. The zero-order valence-electron chi connectivity index (χ0n) is 21.7. The molecular weight excluding hydrogens is 545 g/mol. The second-order valence-corrected chi connectivity index (χ2v) is 8.58. The van der Waals surface area contributed by atoms with Crippen LogP contribution in [0, 0.1) is 0 Å². The topological polar surface area (TPSA) is 140 Å². The highest BCUT2D eigenvalue weighted by Crippen LogP contribution is 2.21. The van der Waals surface area contributed by atoms with Gasteiger partial charge in [0.15, 0.2) is 0 Å². The molecule has 3 rings (SSSR count). The molecule has 0 aliphatic carbocycles. The summed E-state index contributed by atoms with van der Waals surface area (Å²) in [5.74, 6) is -1.41. The Labute approximate surface area is 233 Å². The minimum atomic E-state index is -4.31. The molecule has 0 aliphatic heterocycles. The van der Waals surface area contributed by atoms with Gasteiger partial charge in [-0.15, -0.1) is 0 Å². The lowest BCUT2D eigenvalue weighted by Gasteiger charge is -2.09. The van der Waals surface area contributed by atoms with Gasteiger partial charge in [0, 0.05) is 23.9 Å². The normalized spacial score (nSPS) is 11.2. The highest BCUT2D eigenvalue weighted by atomic mass is 19.4. The first-order valence-corrected chi connectivity index (χ1v) is 12.3. The summed E-state index contributed by atoms with van der Waals surface area (Å²) in [5.41, 5.74) is 13.0. The molecule has 12 heteroatoms. The van der Waals surface area contributed by atoms with Crippen molar-refractivity contribution in [3.63, 3.8) is 0 Å². The summed E-state index contributed by atoms with van der Waals surface area (Å²) >= 11 is 0. The van der Waals surface area contributed by atoms with Gasteiger partial charge < -0.3 is 30.4 Å². The van der Waals surface area contributed by atoms with Crippen molar-refractivity contribution < 1.29 is 46.5 Å². The quantitative estimate of drug-likeness (QED) is 0.0985. The van der Waals surface area contributed by atoms with Gasteiger partial charge in [0.05, 0.1) is 37.4 Å². The minimum absolute atomic E-state index is 0.0323. The van der Waals surface area contributed by atoms with Crippen molar-refractivity contribution in [3.8, 4) is 11.5 Å². The molecule has 0 bridgehead atoms. The van der Waals surface area contributed by atoms with E-state index in [0.29, 0.717) is 16.9 Å². The lowest BCUT2D eigenvalue weighted by Crippen LogP contribution is -2.13. The predicted octanol–water partition coefficient (Wildman–Crippen LogP) is 5.20. The number of benzene rings is 3.